The fourth-order valence-electron chi connectivity index (χ4n) is 1.44. The third-order valence-electron chi connectivity index (χ3n) is 2.21. The first-order chi connectivity index (χ1) is 7.13. The molecule has 0 aliphatic rings. The zero-order valence-electron chi connectivity index (χ0n) is 8.01. The van der Waals surface area contributed by atoms with Gasteiger partial charge in [0.05, 0.1) is 5.02 Å². The Morgan fingerprint density at radius 1 is 1.47 bits per heavy atom. The van der Waals surface area contributed by atoms with Gasteiger partial charge in [0.15, 0.2) is 0 Å². The van der Waals surface area contributed by atoms with E-state index in [9.17, 15) is 4.39 Å². The zero-order valence-corrected chi connectivity index (χ0v) is 8.77. The molecule has 1 aromatic carbocycles. The Labute approximate surface area is 91.0 Å². The van der Waals surface area contributed by atoms with E-state index >= 15 is 0 Å². The summed E-state index contributed by atoms with van der Waals surface area (Å²) in [6, 6.07) is 4.55. The van der Waals surface area contributed by atoms with E-state index in [-0.39, 0.29) is 5.52 Å². The highest BCUT2D eigenvalue weighted by molar-refractivity contribution is 6.35. The van der Waals surface area contributed by atoms with Gasteiger partial charge in [0.2, 0.25) is 0 Å². The van der Waals surface area contributed by atoms with Crippen molar-refractivity contribution in [3.05, 3.63) is 34.6 Å². The summed E-state index contributed by atoms with van der Waals surface area (Å²) in [5.41, 5.74) is 3.45. The van der Waals surface area contributed by atoms with Gasteiger partial charge in [-0.25, -0.2) is 15.2 Å². The van der Waals surface area contributed by atoms with Crippen LogP contribution in [0.15, 0.2) is 18.2 Å². The topological polar surface area (TPSA) is 50.9 Å². The summed E-state index contributed by atoms with van der Waals surface area (Å²) in [4.78, 5) is 4.06. The second kappa shape index (κ2) is 3.64. The maximum Gasteiger partial charge on any atom is 0.149 e. The fourth-order valence-corrected chi connectivity index (χ4v) is 1.65. The monoisotopic (exact) mass is 225 g/mol. The number of halogens is 2. The number of rotatable bonds is 1. The van der Waals surface area contributed by atoms with Crippen molar-refractivity contribution in [2.45, 2.75) is 6.92 Å². The van der Waals surface area contributed by atoms with Crippen LogP contribution < -0.4 is 11.3 Å². The Hall–Kier alpha value is -1.39. The van der Waals surface area contributed by atoms with Crippen LogP contribution in [-0.4, -0.2) is 4.98 Å². The molecule has 0 aliphatic heterocycles. The maximum absolute atomic E-state index is 13.4. The van der Waals surface area contributed by atoms with Crippen LogP contribution in [0.2, 0.25) is 5.02 Å². The number of hydrogen-bond acceptors (Lipinski definition) is 3. The zero-order chi connectivity index (χ0) is 11.0. The van der Waals surface area contributed by atoms with Gasteiger partial charge < -0.3 is 5.43 Å². The molecule has 2 rings (SSSR count). The second-order valence-electron chi connectivity index (χ2n) is 3.22. The molecule has 5 heteroatoms. The van der Waals surface area contributed by atoms with Crippen LogP contribution in [0.4, 0.5) is 10.2 Å². The standard InChI is InChI=1S/C10H9ClFN3/c1-5-4-6-7(11)2-3-8(12)9(6)14-10(5)15-13/h2-4H,13H2,1H3,(H,14,15). The second-order valence-corrected chi connectivity index (χ2v) is 3.63. The highest BCUT2D eigenvalue weighted by atomic mass is 35.5. The number of aryl methyl sites for hydroxylation is 1. The van der Waals surface area contributed by atoms with Gasteiger partial charge in [0.1, 0.15) is 17.2 Å². The molecule has 0 saturated carbocycles. The molecular weight excluding hydrogens is 217 g/mol. The number of nitrogens with zero attached hydrogens (tertiary/aromatic N) is 1. The molecule has 1 heterocycles. The smallest absolute Gasteiger partial charge is 0.149 e. The molecular formula is C10H9ClFN3. The average molecular weight is 226 g/mol. The molecule has 0 bridgehead atoms. The van der Waals surface area contributed by atoms with E-state index in [2.05, 4.69) is 10.4 Å². The Morgan fingerprint density at radius 2 is 2.20 bits per heavy atom. The minimum atomic E-state index is -0.411. The fraction of sp³-hybridized carbons (Fsp3) is 0.100. The lowest BCUT2D eigenvalue weighted by molar-refractivity contribution is 0.637. The summed E-state index contributed by atoms with van der Waals surface area (Å²) in [7, 11) is 0. The van der Waals surface area contributed by atoms with Crippen LogP contribution in [0.5, 0.6) is 0 Å². The van der Waals surface area contributed by atoms with Crippen molar-refractivity contribution in [3.63, 3.8) is 0 Å². The van der Waals surface area contributed by atoms with E-state index in [1.807, 2.05) is 6.92 Å². The number of pyridine rings is 1. The summed E-state index contributed by atoms with van der Waals surface area (Å²) in [5, 5.41) is 1.07. The highest BCUT2D eigenvalue weighted by Gasteiger charge is 2.09. The SMILES string of the molecule is Cc1cc2c(Cl)ccc(F)c2nc1NN. The average Bonchev–Trinajstić information content (AvgIpc) is 2.23. The molecule has 2 aromatic rings. The number of nitrogens with one attached hydrogen (secondary N) is 1. The van der Waals surface area contributed by atoms with Crippen molar-refractivity contribution in [2.24, 2.45) is 5.84 Å². The van der Waals surface area contributed by atoms with Crippen molar-refractivity contribution in [1.29, 1.82) is 0 Å². The molecule has 0 spiro atoms. The first-order valence-electron chi connectivity index (χ1n) is 4.35. The number of nitrogens with two attached hydrogens (primary N) is 1. The van der Waals surface area contributed by atoms with Crippen molar-refractivity contribution < 1.29 is 4.39 Å². The number of aromatic nitrogens is 1. The Balaban J connectivity index is 2.86. The van der Waals surface area contributed by atoms with E-state index in [4.69, 9.17) is 17.4 Å². The molecule has 15 heavy (non-hydrogen) atoms. The van der Waals surface area contributed by atoms with Crippen molar-refractivity contribution in [2.75, 3.05) is 5.43 Å². The normalized spacial score (nSPS) is 10.7. The van der Waals surface area contributed by atoms with Crippen LogP contribution in [0.1, 0.15) is 5.56 Å². The first-order valence-corrected chi connectivity index (χ1v) is 4.73. The predicted octanol–water partition coefficient (Wildman–Crippen LogP) is 2.62. The van der Waals surface area contributed by atoms with Crippen LogP contribution in [0.3, 0.4) is 0 Å². The molecule has 78 valence electrons. The van der Waals surface area contributed by atoms with E-state index in [0.29, 0.717) is 16.2 Å². The molecule has 0 radical (unpaired) electrons. The van der Waals surface area contributed by atoms with Crippen LogP contribution in [0.25, 0.3) is 10.9 Å². The largest absolute Gasteiger partial charge is 0.308 e. The number of hydrazine groups is 1. The molecule has 1 aromatic heterocycles. The lowest BCUT2D eigenvalue weighted by Gasteiger charge is -2.07. The summed E-state index contributed by atoms with van der Waals surface area (Å²) in [6.07, 6.45) is 0. The van der Waals surface area contributed by atoms with Gasteiger partial charge >= 0.3 is 0 Å². The Morgan fingerprint density at radius 3 is 2.87 bits per heavy atom. The quantitative estimate of drug-likeness (QED) is 0.580. The van der Waals surface area contributed by atoms with Gasteiger partial charge in [-0.2, -0.15) is 0 Å². The molecule has 0 amide bonds. The molecule has 0 fully saturated rings. The lowest BCUT2D eigenvalue weighted by atomic mass is 10.1. The van der Waals surface area contributed by atoms with Gasteiger partial charge in [-0.05, 0) is 30.7 Å². The molecule has 0 aliphatic carbocycles. The molecule has 0 unspecified atom stereocenters. The van der Waals surface area contributed by atoms with E-state index in [0.717, 1.165) is 5.56 Å². The summed E-state index contributed by atoms with van der Waals surface area (Å²) in [5.74, 6) is 5.30. The van der Waals surface area contributed by atoms with Gasteiger partial charge in [0, 0.05) is 5.39 Å². The highest BCUT2D eigenvalue weighted by Crippen LogP contribution is 2.27. The molecule has 0 atom stereocenters. The van der Waals surface area contributed by atoms with Crippen molar-refractivity contribution in [1.82, 2.24) is 4.98 Å². The molecule has 3 N–H and O–H groups in total. The van der Waals surface area contributed by atoms with Crippen molar-refractivity contribution >= 4 is 28.3 Å². The first kappa shape index (κ1) is 10.1. The lowest BCUT2D eigenvalue weighted by Crippen LogP contribution is -2.10. The van der Waals surface area contributed by atoms with Crippen molar-refractivity contribution in [3.8, 4) is 0 Å². The van der Waals surface area contributed by atoms with Crippen LogP contribution in [0, 0.1) is 12.7 Å². The predicted molar refractivity (Wildman–Crippen MR) is 59.3 cm³/mol. The van der Waals surface area contributed by atoms with E-state index < -0.39 is 5.82 Å². The van der Waals surface area contributed by atoms with Crippen LogP contribution in [-0.2, 0) is 0 Å². The Kier molecular flexibility index (Phi) is 2.46. The van der Waals surface area contributed by atoms with Crippen LogP contribution >= 0.6 is 11.6 Å². The van der Waals surface area contributed by atoms with Gasteiger partial charge in [-0.3, -0.25) is 0 Å². The van der Waals surface area contributed by atoms with Gasteiger partial charge in [-0.1, -0.05) is 11.6 Å². The molecule has 0 saturated heterocycles. The number of hydrogen-bond donors (Lipinski definition) is 2. The van der Waals surface area contributed by atoms with Gasteiger partial charge in [0.25, 0.3) is 0 Å². The summed E-state index contributed by atoms with van der Waals surface area (Å²) >= 11 is 5.94. The third-order valence-corrected chi connectivity index (χ3v) is 2.54. The molecule has 3 nitrogen and oxygen atoms in total. The Bertz CT molecular complexity index is 528. The van der Waals surface area contributed by atoms with Gasteiger partial charge in [-0.15, -0.1) is 0 Å². The number of benzene rings is 1. The van der Waals surface area contributed by atoms with E-state index in [1.54, 1.807) is 6.07 Å². The third kappa shape index (κ3) is 1.62. The number of fused-ring (bicyclic) bond motifs is 1. The maximum atomic E-state index is 13.4. The van der Waals surface area contributed by atoms with E-state index in [1.165, 1.54) is 12.1 Å². The minimum absolute atomic E-state index is 0.223. The number of nitrogen functional groups attached to an aromatic ring is 1. The number of anilines is 1. The minimum Gasteiger partial charge on any atom is -0.308 e. The summed E-state index contributed by atoms with van der Waals surface area (Å²) < 4.78 is 13.4. The summed E-state index contributed by atoms with van der Waals surface area (Å²) in [6.45, 7) is 1.82.